The number of imide groups is 1. The number of nitro benzene ring substituents is 1. The predicted molar refractivity (Wildman–Crippen MR) is 120 cm³/mol. The Morgan fingerprint density at radius 2 is 1.65 bits per heavy atom. The molecule has 172 valence electrons. The summed E-state index contributed by atoms with van der Waals surface area (Å²) < 4.78 is 44.0. The minimum absolute atomic E-state index is 0.136. The first-order chi connectivity index (χ1) is 16.1. The molecule has 0 spiro atoms. The molecular formula is C23H13F3N2O5S. The Morgan fingerprint density at radius 1 is 0.971 bits per heavy atom. The van der Waals surface area contributed by atoms with E-state index in [1.807, 2.05) is 0 Å². The smallest absolute Gasteiger partial charge is 0.416 e. The lowest BCUT2D eigenvalue weighted by Crippen LogP contribution is -2.27. The van der Waals surface area contributed by atoms with E-state index in [0.717, 1.165) is 22.7 Å². The van der Waals surface area contributed by atoms with Crippen LogP contribution in [-0.4, -0.2) is 16.1 Å². The van der Waals surface area contributed by atoms with Crippen LogP contribution in [0.15, 0.2) is 77.7 Å². The zero-order valence-electron chi connectivity index (χ0n) is 17.0. The Balaban J connectivity index is 1.53. The lowest BCUT2D eigenvalue weighted by molar-refractivity contribution is -0.385. The monoisotopic (exact) mass is 486 g/mol. The van der Waals surface area contributed by atoms with E-state index in [-0.39, 0.29) is 16.4 Å². The van der Waals surface area contributed by atoms with Crippen LogP contribution in [0.1, 0.15) is 11.1 Å². The lowest BCUT2D eigenvalue weighted by atomic mass is 10.1. The highest BCUT2D eigenvalue weighted by molar-refractivity contribution is 8.19. The van der Waals surface area contributed by atoms with Gasteiger partial charge in [0.1, 0.15) is 5.75 Å². The maximum Gasteiger partial charge on any atom is 0.416 e. The van der Waals surface area contributed by atoms with Gasteiger partial charge in [-0.15, -0.1) is 0 Å². The molecule has 2 amide bonds. The Hall–Kier alpha value is -4.12. The van der Waals surface area contributed by atoms with Crippen molar-refractivity contribution in [1.82, 2.24) is 0 Å². The number of hydrogen-bond donors (Lipinski definition) is 0. The largest absolute Gasteiger partial charge is 0.450 e. The molecule has 0 unspecified atom stereocenters. The summed E-state index contributed by atoms with van der Waals surface area (Å²) in [5.74, 6) is -0.686. The standard InChI is InChI=1S/C23H13F3N2O5S/c24-23(25,26)15-8-11-19(18(13-15)28(31)32)33-17-9-6-14(7-10-17)12-20-21(29)27(22(30)34-20)16-4-2-1-3-5-16/h1-13H/b20-12-. The number of nitrogens with zero attached hydrogens (tertiary/aromatic N) is 2. The first-order valence-electron chi connectivity index (χ1n) is 9.60. The van der Waals surface area contributed by atoms with Crippen molar-refractivity contribution in [3.63, 3.8) is 0 Å². The number of halogens is 3. The van der Waals surface area contributed by atoms with Crippen molar-refractivity contribution in [1.29, 1.82) is 0 Å². The molecule has 1 fully saturated rings. The van der Waals surface area contributed by atoms with Crippen LogP contribution >= 0.6 is 11.8 Å². The minimum atomic E-state index is -4.73. The maximum absolute atomic E-state index is 12.9. The van der Waals surface area contributed by atoms with Crippen LogP contribution in [0, 0.1) is 10.1 Å². The number of nitro groups is 1. The fraction of sp³-hybridized carbons (Fsp3) is 0.0435. The molecule has 0 radical (unpaired) electrons. The number of amides is 2. The molecule has 0 bridgehead atoms. The molecule has 11 heteroatoms. The van der Waals surface area contributed by atoms with Crippen LogP contribution in [0.2, 0.25) is 0 Å². The average Bonchev–Trinajstić information content (AvgIpc) is 3.07. The average molecular weight is 486 g/mol. The molecule has 3 aromatic carbocycles. The van der Waals surface area contributed by atoms with E-state index in [2.05, 4.69) is 0 Å². The number of carbonyl (C=O) groups excluding carboxylic acids is 2. The molecule has 3 aromatic rings. The Labute approximate surface area is 194 Å². The molecule has 0 atom stereocenters. The molecule has 0 aromatic heterocycles. The summed E-state index contributed by atoms with van der Waals surface area (Å²) >= 11 is 0.787. The van der Waals surface area contributed by atoms with Gasteiger partial charge in [0.05, 0.1) is 21.1 Å². The van der Waals surface area contributed by atoms with Crippen molar-refractivity contribution in [3.05, 3.63) is 98.9 Å². The van der Waals surface area contributed by atoms with Crippen LogP contribution in [0.3, 0.4) is 0 Å². The second kappa shape index (κ2) is 9.02. The third kappa shape index (κ3) is 4.79. The molecule has 4 rings (SSSR count). The number of benzene rings is 3. The maximum atomic E-state index is 12.9. The van der Waals surface area contributed by atoms with Crippen molar-refractivity contribution >= 4 is 40.4 Å². The fourth-order valence-corrected chi connectivity index (χ4v) is 3.94. The molecule has 1 heterocycles. The normalized spacial score (nSPS) is 15.1. The van der Waals surface area contributed by atoms with Gasteiger partial charge in [-0.05, 0) is 59.8 Å². The highest BCUT2D eigenvalue weighted by Crippen LogP contribution is 2.38. The number of thioether (sulfide) groups is 1. The Morgan fingerprint density at radius 3 is 2.26 bits per heavy atom. The quantitative estimate of drug-likeness (QED) is 0.228. The van der Waals surface area contributed by atoms with Crippen molar-refractivity contribution in [2.45, 2.75) is 6.18 Å². The topological polar surface area (TPSA) is 89.7 Å². The van der Waals surface area contributed by atoms with Crippen LogP contribution in [0.25, 0.3) is 6.08 Å². The number of ether oxygens (including phenoxy) is 1. The third-order valence-corrected chi connectivity index (χ3v) is 5.57. The van der Waals surface area contributed by atoms with Gasteiger partial charge in [0.2, 0.25) is 5.75 Å². The second-order valence-corrected chi connectivity index (χ2v) is 7.95. The molecule has 34 heavy (non-hydrogen) atoms. The van der Waals surface area contributed by atoms with E-state index in [1.54, 1.807) is 42.5 Å². The first-order valence-corrected chi connectivity index (χ1v) is 10.4. The molecule has 7 nitrogen and oxygen atoms in total. The summed E-state index contributed by atoms with van der Waals surface area (Å²) in [5.41, 5.74) is -0.983. The SMILES string of the molecule is O=C1S/C(=C\c2ccc(Oc3ccc(C(F)(F)F)cc3[N+](=O)[O-])cc2)C(=O)N1c1ccccc1. The van der Waals surface area contributed by atoms with Gasteiger partial charge in [0, 0.05) is 6.07 Å². The highest BCUT2D eigenvalue weighted by atomic mass is 32.2. The van der Waals surface area contributed by atoms with E-state index < -0.39 is 33.5 Å². The van der Waals surface area contributed by atoms with Gasteiger partial charge in [0.15, 0.2) is 0 Å². The molecule has 0 N–H and O–H groups in total. The van der Waals surface area contributed by atoms with Gasteiger partial charge >= 0.3 is 11.9 Å². The van der Waals surface area contributed by atoms with Crippen LogP contribution < -0.4 is 9.64 Å². The Bertz CT molecular complexity index is 1310. The van der Waals surface area contributed by atoms with Gasteiger partial charge in [-0.3, -0.25) is 19.7 Å². The lowest BCUT2D eigenvalue weighted by Gasteiger charge is -2.11. The summed E-state index contributed by atoms with van der Waals surface area (Å²) in [6.07, 6.45) is -3.22. The molecule has 1 aliphatic heterocycles. The van der Waals surface area contributed by atoms with Crippen molar-refractivity contribution in [3.8, 4) is 11.5 Å². The van der Waals surface area contributed by atoms with Crippen molar-refractivity contribution in [2.24, 2.45) is 0 Å². The number of para-hydroxylation sites is 1. The molecule has 1 saturated heterocycles. The van der Waals surface area contributed by atoms with Gasteiger partial charge in [-0.25, -0.2) is 4.90 Å². The van der Waals surface area contributed by atoms with Gasteiger partial charge in [-0.1, -0.05) is 30.3 Å². The number of hydrogen-bond acceptors (Lipinski definition) is 6. The van der Waals surface area contributed by atoms with Gasteiger partial charge < -0.3 is 4.74 Å². The molecular weight excluding hydrogens is 473 g/mol. The van der Waals surface area contributed by atoms with Crippen molar-refractivity contribution < 1.29 is 32.4 Å². The predicted octanol–water partition coefficient (Wildman–Crippen LogP) is 6.65. The van der Waals surface area contributed by atoms with Gasteiger partial charge in [-0.2, -0.15) is 13.2 Å². The summed E-state index contributed by atoms with van der Waals surface area (Å²) in [5, 5.41) is 10.8. The highest BCUT2D eigenvalue weighted by Gasteiger charge is 2.36. The number of alkyl halides is 3. The Kier molecular flexibility index (Phi) is 6.12. The van der Waals surface area contributed by atoms with E-state index in [4.69, 9.17) is 4.74 Å². The number of rotatable bonds is 5. The third-order valence-electron chi connectivity index (χ3n) is 4.70. The van der Waals surface area contributed by atoms with Gasteiger partial charge in [0.25, 0.3) is 11.1 Å². The molecule has 1 aliphatic rings. The van der Waals surface area contributed by atoms with E-state index >= 15 is 0 Å². The summed E-state index contributed by atoms with van der Waals surface area (Å²) in [6.45, 7) is 0. The number of anilines is 1. The zero-order chi connectivity index (χ0) is 24.5. The first kappa shape index (κ1) is 23.1. The second-order valence-electron chi connectivity index (χ2n) is 6.96. The van der Waals surface area contributed by atoms with E-state index in [1.165, 1.54) is 18.2 Å². The summed E-state index contributed by atoms with van der Waals surface area (Å²) in [7, 11) is 0. The fourth-order valence-electron chi connectivity index (χ4n) is 3.10. The minimum Gasteiger partial charge on any atom is -0.450 e. The van der Waals surface area contributed by atoms with E-state index in [9.17, 15) is 32.9 Å². The van der Waals surface area contributed by atoms with Crippen LogP contribution in [-0.2, 0) is 11.0 Å². The molecule has 0 aliphatic carbocycles. The number of carbonyl (C=O) groups is 2. The van der Waals surface area contributed by atoms with Crippen molar-refractivity contribution in [2.75, 3.05) is 4.90 Å². The summed E-state index contributed by atoms with van der Waals surface area (Å²) in [4.78, 5) is 36.5. The van der Waals surface area contributed by atoms with Crippen LogP contribution in [0.4, 0.5) is 29.3 Å². The zero-order valence-corrected chi connectivity index (χ0v) is 17.8. The summed E-state index contributed by atoms with van der Waals surface area (Å²) in [6, 6.07) is 16.4. The van der Waals surface area contributed by atoms with E-state index in [0.29, 0.717) is 23.4 Å². The van der Waals surface area contributed by atoms with Crippen LogP contribution in [0.5, 0.6) is 11.5 Å². The molecule has 0 saturated carbocycles.